The molecule has 108 valence electrons. The number of hydrogen-bond acceptors (Lipinski definition) is 4. The minimum atomic E-state index is -3.87. The van der Waals surface area contributed by atoms with Crippen LogP contribution in [0.25, 0.3) is 0 Å². The normalized spacial score (nSPS) is 11.6. The zero-order valence-corrected chi connectivity index (χ0v) is 11.9. The molecule has 3 N–H and O–H groups in total. The van der Waals surface area contributed by atoms with E-state index in [1.165, 1.54) is 30.9 Å². The Bertz CT molecular complexity index is 772. The van der Waals surface area contributed by atoms with E-state index in [2.05, 4.69) is 14.8 Å². The number of anilines is 1. The maximum absolute atomic E-state index is 12.3. The Hall–Kier alpha value is -2.29. The standard InChI is InChI=1S/C11H14N4O4S/c1-6-9(11(16)17)13-7(2)10(6)20(18,19)14-8-4-12-15(3)5-8/h4-5,13-14H,1-3H3,(H,16,17). The van der Waals surface area contributed by atoms with Gasteiger partial charge in [-0.15, -0.1) is 0 Å². The Kier molecular flexibility index (Phi) is 3.30. The van der Waals surface area contributed by atoms with E-state index in [1.54, 1.807) is 7.05 Å². The lowest BCUT2D eigenvalue weighted by Gasteiger charge is -2.06. The summed E-state index contributed by atoms with van der Waals surface area (Å²) >= 11 is 0. The van der Waals surface area contributed by atoms with E-state index >= 15 is 0 Å². The molecule has 0 fully saturated rings. The number of aryl methyl sites for hydroxylation is 2. The quantitative estimate of drug-likeness (QED) is 0.774. The zero-order chi connectivity index (χ0) is 15.1. The highest BCUT2D eigenvalue weighted by atomic mass is 32.2. The number of H-pyrrole nitrogens is 1. The van der Waals surface area contributed by atoms with Gasteiger partial charge in [0.2, 0.25) is 0 Å². The summed E-state index contributed by atoms with van der Waals surface area (Å²) in [6, 6.07) is 0. The van der Waals surface area contributed by atoms with Gasteiger partial charge in [-0.25, -0.2) is 13.2 Å². The molecule has 8 nitrogen and oxygen atoms in total. The summed E-state index contributed by atoms with van der Waals surface area (Å²) in [7, 11) is -2.21. The maximum Gasteiger partial charge on any atom is 0.352 e. The largest absolute Gasteiger partial charge is 0.477 e. The average Bonchev–Trinajstić information content (AvgIpc) is 2.82. The van der Waals surface area contributed by atoms with Crippen LogP contribution >= 0.6 is 0 Å². The van der Waals surface area contributed by atoms with Gasteiger partial charge in [0, 0.05) is 24.5 Å². The van der Waals surface area contributed by atoms with Gasteiger partial charge in [0.05, 0.1) is 11.9 Å². The van der Waals surface area contributed by atoms with Crippen LogP contribution in [0, 0.1) is 13.8 Å². The van der Waals surface area contributed by atoms with Gasteiger partial charge in [-0.2, -0.15) is 5.10 Å². The van der Waals surface area contributed by atoms with Crippen LogP contribution < -0.4 is 4.72 Å². The number of carbonyl (C=O) groups is 1. The second kappa shape index (κ2) is 4.67. The van der Waals surface area contributed by atoms with Crippen LogP contribution in [-0.2, 0) is 17.1 Å². The van der Waals surface area contributed by atoms with Gasteiger partial charge in [0.15, 0.2) is 0 Å². The van der Waals surface area contributed by atoms with Gasteiger partial charge < -0.3 is 10.1 Å². The van der Waals surface area contributed by atoms with Gasteiger partial charge in [-0.05, 0) is 13.8 Å². The van der Waals surface area contributed by atoms with Crippen molar-refractivity contribution in [2.24, 2.45) is 7.05 Å². The second-order valence-electron chi connectivity index (χ2n) is 4.39. The predicted octanol–water partition coefficient (Wildman–Crippen LogP) is 0.864. The SMILES string of the molecule is Cc1[nH]c(C(=O)O)c(C)c1S(=O)(=O)Nc1cnn(C)c1. The molecule has 0 saturated carbocycles. The monoisotopic (exact) mass is 298 g/mol. The third-order valence-electron chi connectivity index (χ3n) is 2.81. The number of aromatic amines is 1. The van der Waals surface area contributed by atoms with E-state index in [0.717, 1.165) is 0 Å². The number of nitrogens with one attached hydrogen (secondary N) is 2. The number of aromatic nitrogens is 3. The Morgan fingerprint density at radius 3 is 2.55 bits per heavy atom. The number of sulfonamides is 1. The summed E-state index contributed by atoms with van der Waals surface area (Å²) in [5, 5.41) is 12.9. The van der Waals surface area contributed by atoms with Gasteiger partial charge >= 0.3 is 5.97 Å². The summed E-state index contributed by atoms with van der Waals surface area (Å²) in [6.07, 6.45) is 2.87. The van der Waals surface area contributed by atoms with Crippen LogP contribution in [0.1, 0.15) is 21.7 Å². The molecule has 2 aromatic heterocycles. The molecule has 2 aromatic rings. The topological polar surface area (TPSA) is 117 Å². The lowest BCUT2D eigenvalue weighted by Crippen LogP contribution is -2.14. The summed E-state index contributed by atoms with van der Waals surface area (Å²) in [6.45, 7) is 2.96. The molecule has 0 unspecified atom stereocenters. The molecule has 0 spiro atoms. The van der Waals surface area contributed by atoms with Crippen molar-refractivity contribution in [3.05, 3.63) is 29.3 Å². The average molecular weight is 298 g/mol. The molecule has 9 heteroatoms. The van der Waals surface area contributed by atoms with Crippen molar-refractivity contribution in [1.82, 2.24) is 14.8 Å². The molecular weight excluding hydrogens is 284 g/mol. The Morgan fingerprint density at radius 2 is 2.10 bits per heavy atom. The highest BCUT2D eigenvalue weighted by Gasteiger charge is 2.26. The number of nitrogens with zero attached hydrogens (tertiary/aromatic N) is 2. The summed E-state index contributed by atoms with van der Waals surface area (Å²) in [5.41, 5.74) is 0.626. The van der Waals surface area contributed by atoms with E-state index < -0.39 is 16.0 Å². The number of rotatable bonds is 4. The van der Waals surface area contributed by atoms with E-state index in [4.69, 9.17) is 5.11 Å². The summed E-state index contributed by atoms with van der Waals surface area (Å²) in [4.78, 5) is 13.5. The predicted molar refractivity (Wildman–Crippen MR) is 71.2 cm³/mol. The van der Waals surface area contributed by atoms with Crippen molar-refractivity contribution in [3.63, 3.8) is 0 Å². The number of hydrogen-bond donors (Lipinski definition) is 3. The van der Waals surface area contributed by atoms with Gasteiger partial charge in [0.1, 0.15) is 10.6 Å². The molecule has 20 heavy (non-hydrogen) atoms. The Labute approximate surface area is 115 Å². The molecule has 0 amide bonds. The lowest BCUT2D eigenvalue weighted by molar-refractivity contribution is 0.0690. The molecule has 0 atom stereocenters. The fourth-order valence-corrected chi connectivity index (χ4v) is 3.51. The van der Waals surface area contributed by atoms with Crippen molar-refractivity contribution in [3.8, 4) is 0 Å². The van der Waals surface area contributed by atoms with E-state index in [0.29, 0.717) is 5.69 Å². The first-order valence-corrected chi connectivity index (χ1v) is 7.14. The number of carboxylic acids is 1. The molecule has 0 aliphatic carbocycles. The van der Waals surface area contributed by atoms with Crippen molar-refractivity contribution < 1.29 is 18.3 Å². The van der Waals surface area contributed by atoms with Crippen LogP contribution in [0.5, 0.6) is 0 Å². The fraction of sp³-hybridized carbons (Fsp3) is 0.273. The van der Waals surface area contributed by atoms with Gasteiger partial charge in [-0.1, -0.05) is 0 Å². The molecule has 2 rings (SSSR count). The van der Waals surface area contributed by atoms with Gasteiger partial charge in [-0.3, -0.25) is 9.40 Å². The Balaban J connectivity index is 2.47. The number of carboxylic acid groups (broad SMARTS) is 1. The fourth-order valence-electron chi connectivity index (χ4n) is 2.03. The third-order valence-corrected chi connectivity index (χ3v) is 4.46. The van der Waals surface area contributed by atoms with E-state index in [-0.39, 0.29) is 21.8 Å². The molecule has 0 saturated heterocycles. The third kappa shape index (κ3) is 2.39. The molecule has 0 aliphatic rings. The molecule has 0 aliphatic heterocycles. The lowest BCUT2D eigenvalue weighted by atomic mass is 10.2. The highest BCUT2D eigenvalue weighted by Crippen LogP contribution is 2.25. The van der Waals surface area contributed by atoms with Gasteiger partial charge in [0.25, 0.3) is 10.0 Å². The first-order chi connectivity index (χ1) is 9.22. The smallest absolute Gasteiger partial charge is 0.352 e. The van der Waals surface area contributed by atoms with E-state index in [1.807, 2.05) is 0 Å². The van der Waals surface area contributed by atoms with Crippen molar-refractivity contribution in [2.45, 2.75) is 18.7 Å². The molecule has 0 radical (unpaired) electrons. The summed E-state index contributed by atoms with van der Waals surface area (Å²) in [5.74, 6) is -1.20. The van der Waals surface area contributed by atoms with Crippen molar-refractivity contribution >= 4 is 21.7 Å². The molecule has 0 aromatic carbocycles. The molecule has 2 heterocycles. The van der Waals surface area contributed by atoms with Crippen LogP contribution in [0.4, 0.5) is 5.69 Å². The first-order valence-electron chi connectivity index (χ1n) is 5.66. The van der Waals surface area contributed by atoms with Crippen LogP contribution in [0.3, 0.4) is 0 Å². The molecular formula is C11H14N4O4S. The first kappa shape index (κ1) is 14.1. The summed E-state index contributed by atoms with van der Waals surface area (Å²) < 4.78 is 28.5. The maximum atomic E-state index is 12.3. The van der Waals surface area contributed by atoms with E-state index in [9.17, 15) is 13.2 Å². The minimum Gasteiger partial charge on any atom is -0.477 e. The van der Waals surface area contributed by atoms with Crippen LogP contribution in [0.2, 0.25) is 0 Å². The highest BCUT2D eigenvalue weighted by molar-refractivity contribution is 7.92. The van der Waals surface area contributed by atoms with Crippen LogP contribution in [-0.4, -0.2) is 34.3 Å². The minimum absolute atomic E-state index is 0.0567. The van der Waals surface area contributed by atoms with Crippen molar-refractivity contribution in [2.75, 3.05) is 4.72 Å². The molecule has 0 bridgehead atoms. The zero-order valence-electron chi connectivity index (χ0n) is 11.1. The second-order valence-corrected chi connectivity index (χ2v) is 6.01. The number of aromatic carboxylic acids is 1. The van der Waals surface area contributed by atoms with Crippen molar-refractivity contribution in [1.29, 1.82) is 0 Å². The Morgan fingerprint density at radius 1 is 1.45 bits per heavy atom. The van der Waals surface area contributed by atoms with Crippen LogP contribution in [0.15, 0.2) is 17.3 Å².